The minimum absolute atomic E-state index is 0.0246. The molecule has 3 amide bonds. The van der Waals surface area contributed by atoms with Crippen LogP contribution >= 0.6 is 0 Å². The summed E-state index contributed by atoms with van der Waals surface area (Å²) in [4.78, 5) is 44.3. The molecule has 2 fully saturated rings. The number of methoxy groups -OCH3 is 1. The highest BCUT2D eigenvalue weighted by Gasteiger charge is 2.54. The third kappa shape index (κ3) is 4.63. The SMILES string of the molecule is COCC(=O)N1CCC2(CC1)C(=O)N(CC(=O)Nc1ccc(C)c(C)c1)CN2c1ccccc1. The van der Waals surface area contributed by atoms with Crippen molar-refractivity contribution in [2.75, 3.05) is 50.2 Å². The van der Waals surface area contributed by atoms with Gasteiger partial charge in [-0.1, -0.05) is 24.3 Å². The summed E-state index contributed by atoms with van der Waals surface area (Å²) in [6.45, 7) is 5.31. The van der Waals surface area contributed by atoms with Crippen molar-refractivity contribution in [2.24, 2.45) is 0 Å². The monoisotopic (exact) mass is 464 g/mol. The van der Waals surface area contributed by atoms with E-state index in [-0.39, 0.29) is 30.9 Å². The van der Waals surface area contributed by atoms with Gasteiger partial charge in [0.15, 0.2) is 0 Å². The van der Waals surface area contributed by atoms with Crippen molar-refractivity contribution in [1.29, 1.82) is 0 Å². The highest BCUT2D eigenvalue weighted by Crippen LogP contribution is 2.39. The van der Waals surface area contributed by atoms with Crippen molar-refractivity contribution in [3.8, 4) is 0 Å². The molecule has 2 aliphatic heterocycles. The topological polar surface area (TPSA) is 82.2 Å². The van der Waals surface area contributed by atoms with Gasteiger partial charge in [0.05, 0.1) is 6.67 Å². The first-order valence-corrected chi connectivity index (χ1v) is 11.6. The number of anilines is 2. The van der Waals surface area contributed by atoms with Gasteiger partial charge in [-0.2, -0.15) is 0 Å². The molecular weight excluding hydrogens is 432 g/mol. The Morgan fingerprint density at radius 1 is 1.03 bits per heavy atom. The third-order valence-electron chi connectivity index (χ3n) is 6.92. The van der Waals surface area contributed by atoms with Gasteiger partial charge in [-0.3, -0.25) is 14.4 Å². The Morgan fingerprint density at radius 3 is 2.38 bits per heavy atom. The second-order valence-electron chi connectivity index (χ2n) is 9.10. The average Bonchev–Trinajstić information content (AvgIpc) is 3.08. The smallest absolute Gasteiger partial charge is 0.250 e. The van der Waals surface area contributed by atoms with E-state index in [1.807, 2.05) is 62.4 Å². The Hall–Kier alpha value is -3.39. The molecule has 0 radical (unpaired) electrons. The molecule has 2 saturated heterocycles. The number of carbonyl (C=O) groups is 3. The molecule has 8 heteroatoms. The van der Waals surface area contributed by atoms with Crippen LogP contribution in [0.15, 0.2) is 48.5 Å². The second kappa shape index (κ2) is 9.85. The number of ether oxygens (including phenoxy) is 1. The molecule has 1 N–H and O–H groups in total. The standard InChI is InChI=1S/C26H32N4O4/c1-19-9-10-21(15-20(19)2)27-23(31)16-29-18-30(22-7-5-4-6-8-22)26(25(29)33)11-13-28(14-12-26)24(32)17-34-3/h4-10,15H,11-14,16-18H2,1-3H3,(H,27,31). The lowest BCUT2D eigenvalue weighted by atomic mass is 9.85. The molecule has 0 aliphatic carbocycles. The fourth-order valence-electron chi connectivity index (χ4n) is 4.86. The predicted molar refractivity (Wildman–Crippen MR) is 130 cm³/mol. The zero-order chi connectivity index (χ0) is 24.3. The maximum Gasteiger partial charge on any atom is 0.250 e. The van der Waals surface area contributed by atoms with Gasteiger partial charge in [0, 0.05) is 31.6 Å². The van der Waals surface area contributed by atoms with Crippen LogP contribution in [-0.4, -0.2) is 73.1 Å². The molecule has 2 aromatic carbocycles. The Labute approximate surface area is 200 Å². The molecular formula is C26H32N4O4. The molecule has 8 nitrogen and oxygen atoms in total. The highest BCUT2D eigenvalue weighted by atomic mass is 16.5. The van der Waals surface area contributed by atoms with Crippen molar-refractivity contribution in [1.82, 2.24) is 9.80 Å². The van der Waals surface area contributed by atoms with Crippen LogP contribution in [0.1, 0.15) is 24.0 Å². The maximum atomic E-state index is 13.7. The number of hydrogen-bond donors (Lipinski definition) is 1. The van der Waals surface area contributed by atoms with Crippen molar-refractivity contribution in [2.45, 2.75) is 32.2 Å². The van der Waals surface area contributed by atoms with Crippen LogP contribution < -0.4 is 10.2 Å². The first-order chi connectivity index (χ1) is 16.3. The number of hydrogen-bond acceptors (Lipinski definition) is 5. The number of rotatable bonds is 6. The van der Waals surface area contributed by atoms with Crippen molar-refractivity contribution in [3.05, 3.63) is 59.7 Å². The predicted octanol–water partition coefficient (Wildman–Crippen LogP) is 2.56. The van der Waals surface area contributed by atoms with Crippen molar-refractivity contribution < 1.29 is 19.1 Å². The Bertz CT molecular complexity index is 1060. The molecule has 180 valence electrons. The van der Waals surface area contributed by atoms with Gasteiger partial charge in [0.1, 0.15) is 18.7 Å². The van der Waals surface area contributed by atoms with E-state index in [0.717, 1.165) is 22.5 Å². The number of nitrogens with zero attached hydrogens (tertiary/aromatic N) is 3. The quantitative estimate of drug-likeness (QED) is 0.711. The van der Waals surface area contributed by atoms with Gasteiger partial charge < -0.3 is 24.8 Å². The Kier molecular flexibility index (Phi) is 6.88. The number of amides is 3. The lowest BCUT2D eigenvalue weighted by Crippen LogP contribution is -2.57. The second-order valence-corrected chi connectivity index (χ2v) is 9.10. The van der Waals surface area contributed by atoms with Crippen LogP contribution in [0.5, 0.6) is 0 Å². The molecule has 0 saturated carbocycles. The summed E-state index contributed by atoms with van der Waals surface area (Å²) in [5.41, 5.74) is 3.14. The van der Waals surface area contributed by atoms with Crippen LogP contribution in [0.25, 0.3) is 0 Å². The normalized spacial score (nSPS) is 17.4. The number of piperidine rings is 1. The zero-order valence-corrected chi connectivity index (χ0v) is 20.0. The van der Waals surface area contributed by atoms with E-state index in [4.69, 9.17) is 4.74 Å². The van der Waals surface area contributed by atoms with E-state index in [1.54, 1.807) is 9.80 Å². The molecule has 34 heavy (non-hydrogen) atoms. The van der Waals surface area contributed by atoms with E-state index < -0.39 is 5.54 Å². The number of aryl methyl sites for hydroxylation is 2. The summed E-state index contributed by atoms with van der Waals surface area (Å²) in [6.07, 6.45) is 1.01. The van der Waals surface area contributed by atoms with E-state index in [9.17, 15) is 14.4 Å². The molecule has 0 aromatic heterocycles. The van der Waals surface area contributed by atoms with E-state index in [1.165, 1.54) is 7.11 Å². The van der Waals surface area contributed by atoms with Crippen LogP contribution in [0, 0.1) is 13.8 Å². The summed E-state index contributed by atoms with van der Waals surface area (Å²) in [7, 11) is 1.50. The lowest BCUT2D eigenvalue weighted by molar-refractivity contribution is -0.141. The number of likely N-dealkylation sites (tertiary alicyclic amines) is 1. The summed E-state index contributed by atoms with van der Waals surface area (Å²) in [5.74, 6) is -0.363. The molecule has 4 rings (SSSR count). The maximum absolute atomic E-state index is 13.7. The summed E-state index contributed by atoms with van der Waals surface area (Å²) in [5, 5.41) is 2.92. The minimum Gasteiger partial charge on any atom is -0.375 e. The lowest BCUT2D eigenvalue weighted by Gasteiger charge is -2.43. The fraction of sp³-hybridized carbons (Fsp3) is 0.423. The zero-order valence-electron chi connectivity index (χ0n) is 20.0. The van der Waals surface area contributed by atoms with Crippen LogP contribution in [0.3, 0.4) is 0 Å². The molecule has 1 spiro atoms. The molecule has 0 bridgehead atoms. The van der Waals surface area contributed by atoms with E-state index in [0.29, 0.717) is 32.6 Å². The van der Waals surface area contributed by atoms with E-state index >= 15 is 0 Å². The van der Waals surface area contributed by atoms with Crippen molar-refractivity contribution in [3.63, 3.8) is 0 Å². The number of benzene rings is 2. The molecule has 0 unspecified atom stereocenters. The van der Waals surface area contributed by atoms with Gasteiger partial charge in [-0.05, 0) is 62.1 Å². The highest BCUT2D eigenvalue weighted by molar-refractivity contribution is 5.99. The first kappa shape index (κ1) is 23.8. The number of nitrogens with one attached hydrogen (secondary N) is 1. The summed E-state index contributed by atoms with van der Waals surface area (Å²) in [6, 6.07) is 15.6. The van der Waals surface area contributed by atoms with Gasteiger partial charge in [-0.15, -0.1) is 0 Å². The Morgan fingerprint density at radius 2 is 1.74 bits per heavy atom. The van der Waals surface area contributed by atoms with Gasteiger partial charge in [0.2, 0.25) is 11.8 Å². The molecule has 2 aromatic rings. The van der Waals surface area contributed by atoms with Crippen LogP contribution in [-0.2, 0) is 19.1 Å². The number of carbonyl (C=O) groups excluding carboxylic acids is 3. The fourth-order valence-corrected chi connectivity index (χ4v) is 4.86. The molecule has 0 atom stereocenters. The van der Waals surface area contributed by atoms with Crippen molar-refractivity contribution >= 4 is 29.1 Å². The minimum atomic E-state index is -0.772. The van der Waals surface area contributed by atoms with Crippen LogP contribution in [0.2, 0.25) is 0 Å². The van der Waals surface area contributed by atoms with Gasteiger partial charge >= 0.3 is 0 Å². The average molecular weight is 465 g/mol. The largest absolute Gasteiger partial charge is 0.375 e. The third-order valence-corrected chi connectivity index (χ3v) is 6.92. The van der Waals surface area contributed by atoms with Gasteiger partial charge in [-0.25, -0.2) is 0 Å². The Balaban J connectivity index is 1.51. The molecule has 2 aliphatic rings. The van der Waals surface area contributed by atoms with E-state index in [2.05, 4.69) is 10.2 Å². The van der Waals surface area contributed by atoms with Crippen LogP contribution in [0.4, 0.5) is 11.4 Å². The first-order valence-electron chi connectivity index (χ1n) is 11.6. The summed E-state index contributed by atoms with van der Waals surface area (Å²) < 4.78 is 4.99. The molecule has 2 heterocycles. The summed E-state index contributed by atoms with van der Waals surface area (Å²) >= 11 is 0. The number of para-hydroxylation sites is 1. The van der Waals surface area contributed by atoms with Gasteiger partial charge in [0.25, 0.3) is 5.91 Å².